The molecule has 0 spiro atoms. The fourth-order valence-corrected chi connectivity index (χ4v) is 2.74. The number of anilines is 1. The van der Waals surface area contributed by atoms with E-state index in [2.05, 4.69) is 10.4 Å². The van der Waals surface area contributed by atoms with Crippen LogP contribution in [-0.4, -0.2) is 26.7 Å². The van der Waals surface area contributed by atoms with E-state index in [1.165, 1.54) is 4.68 Å². The van der Waals surface area contributed by atoms with Gasteiger partial charge in [0.25, 0.3) is 0 Å². The van der Waals surface area contributed by atoms with Crippen LogP contribution in [0.15, 0.2) is 0 Å². The molecule has 1 aromatic heterocycles. The lowest BCUT2D eigenvalue weighted by Gasteiger charge is -2.27. The lowest BCUT2D eigenvalue weighted by Crippen LogP contribution is -2.33. The number of aromatic nitrogens is 2. The van der Waals surface area contributed by atoms with Crippen LogP contribution >= 0.6 is 0 Å². The molecular weight excluding hydrogens is 262 g/mol. The molecule has 1 fully saturated rings. The van der Waals surface area contributed by atoms with E-state index >= 15 is 0 Å². The van der Waals surface area contributed by atoms with Crippen molar-refractivity contribution < 1.29 is 9.72 Å². The molecule has 1 heterocycles. The number of nitro groups is 1. The van der Waals surface area contributed by atoms with Gasteiger partial charge >= 0.3 is 5.69 Å². The number of nitrogens with two attached hydrogens (primary N) is 1. The first-order valence-electron chi connectivity index (χ1n) is 6.64. The van der Waals surface area contributed by atoms with Gasteiger partial charge in [0.15, 0.2) is 0 Å². The normalized spacial score (nSPS) is 22.5. The van der Waals surface area contributed by atoms with Crippen LogP contribution in [0.1, 0.15) is 31.4 Å². The Kier molecular flexibility index (Phi) is 3.91. The number of hydrogen-bond donors (Lipinski definition) is 2. The molecule has 1 amide bonds. The third kappa shape index (κ3) is 2.73. The van der Waals surface area contributed by atoms with Crippen molar-refractivity contribution in [1.29, 1.82) is 0 Å². The van der Waals surface area contributed by atoms with E-state index in [1.807, 2.05) is 0 Å². The summed E-state index contributed by atoms with van der Waals surface area (Å²) in [6.45, 7) is 1.62. The van der Waals surface area contributed by atoms with Gasteiger partial charge in [-0.25, -0.2) is 4.68 Å². The standard InChI is InChI=1S/C12H19N5O3/c1-7-10(17(19)20)12(16(2)15-7)14-9-5-3-8(4-6-9)11(13)18/h8-9,14H,3-6H2,1-2H3,(H2,13,18). The Morgan fingerprint density at radius 3 is 2.55 bits per heavy atom. The number of hydrogen-bond acceptors (Lipinski definition) is 5. The second-order valence-corrected chi connectivity index (χ2v) is 5.26. The van der Waals surface area contributed by atoms with Gasteiger partial charge < -0.3 is 11.1 Å². The molecule has 0 aromatic carbocycles. The Morgan fingerprint density at radius 2 is 2.05 bits per heavy atom. The molecule has 0 bridgehead atoms. The van der Waals surface area contributed by atoms with Crippen molar-refractivity contribution in [2.75, 3.05) is 5.32 Å². The van der Waals surface area contributed by atoms with Gasteiger partial charge in [0.1, 0.15) is 5.69 Å². The molecule has 3 N–H and O–H groups in total. The fourth-order valence-electron chi connectivity index (χ4n) is 2.74. The topological polar surface area (TPSA) is 116 Å². The van der Waals surface area contributed by atoms with E-state index < -0.39 is 4.92 Å². The molecule has 1 aliphatic rings. The van der Waals surface area contributed by atoms with E-state index in [0.29, 0.717) is 11.5 Å². The van der Waals surface area contributed by atoms with Crippen LogP contribution in [0.2, 0.25) is 0 Å². The second kappa shape index (κ2) is 5.48. The summed E-state index contributed by atoms with van der Waals surface area (Å²) in [5.41, 5.74) is 5.71. The molecule has 8 heteroatoms. The number of amides is 1. The molecule has 2 rings (SSSR count). The van der Waals surface area contributed by atoms with Gasteiger partial charge in [0, 0.05) is 19.0 Å². The zero-order valence-corrected chi connectivity index (χ0v) is 11.6. The minimum atomic E-state index is -0.417. The maximum absolute atomic E-state index is 11.1. The molecule has 8 nitrogen and oxygen atoms in total. The molecular formula is C12H19N5O3. The second-order valence-electron chi connectivity index (χ2n) is 5.26. The average Bonchev–Trinajstić information content (AvgIpc) is 2.64. The van der Waals surface area contributed by atoms with E-state index in [-0.39, 0.29) is 23.6 Å². The first kappa shape index (κ1) is 14.3. The van der Waals surface area contributed by atoms with Crippen molar-refractivity contribution in [3.63, 3.8) is 0 Å². The summed E-state index contributed by atoms with van der Waals surface area (Å²) in [5.74, 6) is 0.0946. The third-order valence-electron chi connectivity index (χ3n) is 3.84. The molecule has 0 atom stereocenters. The number of carbonyl (C=O) groups excluding carboxylic acids is 1. The minimum Gasteiger partial charge on any atom is -0.369 e. The molecule has 0 saturated heterocycles. The summed E-state index contributed by atoms with van der Waals surface area (Å²) in [4.78, 5) is 21.8. The average molecular weight is 281 g/mol. The third-order valence-corrected chi connectivity index (χ3v) is 3.84. The first-order chi connectivity index (χ1) is 9.40. The number of rotatable bonds is 4. The molecule has 0 radical (unpaired) electrons. The van der Waals surface area contributed by atoms with Crippen molar-refractivity contribution in [3.05, 3.63) is 15.8 Å². The quantitative estimate of drug-likeness (QED) is 0.633. The van der Waals surface area contributed by atoms with Gasteiger partial charge in [0.05, 0.1) is 4.92 Å². The zero-order chi connectivity index (χ0) is 14.9. The molecule has 0 aliphatic heterocycles. The van der Waals surface area contributed by atoms with Crippen LogP contribution in [-0.2, 0) is 11.8 Å². The van der Waals surface area contributed by atoms with Crippen molar-refractivity contribution in [2.45, 2.75) is 38.6 Å². The van der Waals surface area contributed by atoms with Gasteiger partial charge in [-0.05, 0) is 32.6 Å². The van der Waals surface area contributed by atoms with Crippen LogP contribution < -0.4 is 11.1 Å². The Morgan fingerprint density at radius 1 is 1.45 bits per heavy atom. The molecule has 1 aliphatic carbocycles. The van der Waals surface area contributed by atoms with Crippen LogP contribution in [0, 0.1) is 23.0 Å². The van der Waals surface area contributed by atoms with Crippen molar-refractivity contribution >= 4 is 17.4 Å². The molecule has 20 heavy (non-hydrogen) atoms. The fraction of sp³-hybridized carbons (Fsp3) is 0.667. The highest BCUT2D eigenvalue weighted by Gasteiger charge is 2.29. The Hall–Kier alpha value is -2.12. The van der Waals surface area contributed by atoms with Crippen molar-refractivity contribution in [2.24, 2.45) is 18.7 Å². The number of nitrogens with one attached hydrogen (secondary N) is 1. The summed E-state index contributed by atoms with van der Waals surface area (Å²) < 4.78 is 1.49. The number of carbonyl (C=O) groups is 1. The van der Waals surface area contributed by atoms with Gasteiger partial charge in [-0.1, -0.05) is 0 Å². The lowest BCUT2D eigenvalue weighted by molar-refractivity contribution is -0.384. The smallest absolute Gasteiger partial charge is 0.333 e. The molecule has 1 aromatic rings. The zero-order valence-electron chi connectivity index (χ0n) is 11.6. The van der Waals surface area contributed by atoms with Crippen LogP contribution in [0.3, 0.4) is 0 Å². The van der Waals surface area contributed by atoms with E-state index in [0.717, 1.165) is 25.7 Å². The molecule has 1 saturated carbocycles. The van der Waals surface area contributed by atoms with Gasteiger partial charge in [-0.2, -0.15) is 5.10 Å². The maximum Gasteiger partial charge on any atom is 0.333 e. The van der Waals surface area contributed by atoms with E-state index in [1.54, 1.807) is 14.0 Å². The number of nitrogens with zero attached hydrogens (tertiary/aromatic N) is 3. The Balaban J connectivity index is 2.08. The van der Waals surface area contributed by atoms with E-state index in [9.17, 15) is 14.9 Å². The molecule has 110 valence electrons. The minimum absolute atomic E-state index is 0.0181. The number of aryl methyl sites for hydroxylation is 2. The van der Waals surface area contributed by atoms with Gasteiger partial charge in [-0.3, -0.25) is 14.9 Å². The maximum atomic E-state index is 11.1. The lowest BCUT2D eigenvalue weighted by atomic mass is 9.85. The predicted molar refractivity (Wildman–Crippen MR) is 73.2 cm³/mol. The monoisotopic (exact) mass is 281 g/mol. The summed E-state index contributed by atoms with van der Waals surface area (Å²) in [5, 5.41) is 18.4. The largest absolute Gasteiger partial charge is 0.369 e. The Bertz CT molecular complexity index is 531. The highest BCUT2D eigenvalue weighted by molar-refractivity contribution is 5.76. The summed E-state index contributed by atoms with van der Waals surface area (Å²) in [7, 11) is 1.68. The van der Waals surface area contributed by atoms with Crippen molar-refractivity contribution in [3.8, 4) is 0 Å². The highest BCUT2D eigenvalue weighted by Crippen LogP contribution is 2.31. The van der Waals surface area contributed by atoms with Crippen LogP contribution in [0.4, 0.5) is 11.5 Å². The van der Waals surface area contributed by atoms with E-state index in [4.69, 9.17) is 5.73 Å². The van der Waals surface area contributed by atoms with Crippen LogP contribution in [0.5, 0.6) is 0 Å². The predicted octanol–water partition coefficient (Wildman–Crippen LogP) is 1.09. The van der Waals surface area contributed by atoms with Crippen molar-refractivity contribution in [1.82, 2.24) is 9.78 Å². The Labute approximate surface area is 116 Å². The summed E-state index contributed by atoms with van der Waals surface area (Å²) >= 11 is 0. The van der Waals surface area contributed by atoms with Gasteiger partial charge in [-0.15, -0.1) is 0 Å². The molecule has 0 unspecified atom stereocenters. The van der Waals surface area contributed by atoms with Crippen LogP contribution in [0.25, 0.3) is 0 Å². The first-order valence-corrected chi connectivity index (χ1v) is 6.64. The highest BCUT2D eigenvalue weighted by atomic mass is 16.6. The summed E-state index contributed by atoms with van der Waals surface area (Å²) in [6, 6.07) is 0.110. The summed E-state index contributed by atoms with van der Waals surface area (Å²) in [6.07, 6.45) is 2.99. The number of primary amides is 1. The SMILES string of the molecule is Cc1nn(C)c(NC2CCC(C(N)=O)CC2)c1[N+](=O)[O-]. The van der Waals surface area contributed by atoms with Gasteiger partial charge in [0.2, 0.25) is 11.7 Å².